The van der Waals surface area contributed by atoms with Crippen LogP contribution in [0.1, 0.15) is 11.3 Å². The van der Waals surface area contributed by atoms with E-state index < -0.39 is 0 Å². The molecule has 66 valence electrons. The Morgan fingerprint density at radius 3 is 2.92 bits per heavy atom. The van der Waals surface area contributed by atoms with E-state index in [0.717, 1.165) is 16.8 Å². The lowest BCUT2D eigenvalue weighted by molar-refractivity contribution is 1.04. The molecule has 0 saturated carbocycles. The van der Waals surface area contributed by atoms with E-state index in [1.165, 1.54) is 0 Å². The van der Waals surface area contributed by atoms with Crippen molar-refractivity contribution in [3.8, 4) is 0 Å². The maximum absolute atomic E-state index is 5.48. The Bertz CT molecular complexity index is 439. The van der Waals surface area contributed by atoms with Gasteiger partial charge in [0.15, 0.2) is 5.65 Å². The molecule has 2 aromatic heterocycles. The van der Waals surface area contributed by atoms with Gasteiger partial charge in [0.1, 0.15) is 5.52 Å². The lowest BCUT2D eigenvalue weighted by Gasteiger charge is -1.99. The summed E-state index contributed by atoms with van der Waals surface area (Å²) in [4.78, 5) is 12.6. The molecule has 0 amide bonds. The highest BCUT2D eigenvalue weighted by Crippen LogP contribution is 2.08. The van der Waals surface area contributed by atoms with E-state index in [-0.39, 0.29) is 0 Å². The number of aryl methyl sites for hydroxylation is 1. The number of fused-ring (bicyclic) bond motifs is 1. The van der Waals surface area contributed by atoms with E-state index >= 15 is 0 Å². The molecule has 13 heavy (non-hydrogen) atoms. The summed E-state index contributed by atoms with van der Waals surface area (Å²) >= 11 is 0. The third-order valence-corrected chi connectivity index (χ3v) is 1.81. The van der Waals surface area contributed by atoms with Crippen molar-refractivity contribution >= 4 is 11.2 Å². The number of hydrogen-bond acceptors (Lipinski definition) is 4. The van der Waals surface area contributed by atoms with E-state index in [4.69, 9.17) is 5.73 Å². The molecule has 4 heteroatoms. The molecule has 2 aromatic rings. The lowest BCUT2D eigenvalue weighted by Crippen LogP contribution is -1.98. The first kappa shape index (κ1) is 8.07. The SMILES string of the molecule is Cc1cnc2cc(CN)cnc2n1. The lowest BCUT2D eigenvalue weighted by atomic mass is 10.2. The topological polar surface area (TPSA) is 64.7 Å². The average molecular weight is 174 g/mol. The van der Waals surface area contributed by atoms with Gasteiger partial charge in [0.2, 0.25) is 0 Å². The highest BCUT2D eigenvalue weighted by molar-refractivity contribution is 5.69. The molecule has 0 unspecified atom stereocenters. The second kappa shape index (κ2) is 3.06. The van der Waals surface area contributed by atoms with Crippen LogP contribution in [0.3, 0.4) is 0 Å². The molecule has 2 rings (SSSR count). The molecule has 0 bridgehead atoms. The van der Waals surface area contributed by atoms with Crippen molar-refractivity contribution in [2.24, 2.45) is 5.73 Å². The molecule has 4 nitrogen and oxygen atoms in total. The van der Waals surface area contributed by atoms with Gasteiger partial charge in [-0.1, -0.05) is 0 Å². The molecule has 0 radical (unpaired) electrons. The normalized spacial score (nSPS) is 10.6. The fraction of sp³-hybridized carbons (Fsp3) is 0.222. The first-order valence-electron chi connectivity index (χ1n) is 4.08. The van der Waals surface area contributed by atoms with Crippen molar-refractivity contribution in [1.82, 2.24) is 15.0 Å². The van der Waals surface area contributed by atoms with Gasteiger partial charge in [-0.15, -0.1) is 0 Å². The van der Waals surface area contributed by atoms with Crippen LogP contribution in [0, 0.1) is 6.92 Å². The zero-order chi connectivity index (χ0) is 9.26. The summed E-state index contributed by atoms with van der Waals surface area (Å²) in [6.07, 6.45) is 3.46. The predicted molar refractivity (Wildman–Crippen MR) is 50.0 cm³/mol. The molecule has 2 N–H and O–H groups in total. The molecule has 0 aromatic carbocycles. The van der Waals surface area contributed by atoms with E-state index in [1.54, 1.807) is 12.4 Å². The van der Waals surface area contributed by atoms with Crippen LogP contribution >= 0.6 is 0 Å². The third-order valence-electron chi connectivity index (χ3n) is 1.81. The highest BCUT2D eigenvalue weighted by Gasteiger charge is 1.98. The number of aromatic nitrogens is 3. The van der Waals surface area contributed by atoms with Gasteiger partial charge < -0.3 is 5.73 Å². The maximum atomic E-state index is 5.48. The minimum atomic E-state index is 0.485. The van der Waals surface area contributed by atoms with Crippen molar-refractivity contribution < 1.29 is 0 Å². The number of hydrogen-bond donors (Lipinski definition) is 1. The van der Waals surface area contributed by atoms with Crippen LogP contribution in [0.2, 0.25) is 0 Å². The van der Waals surface area contributed by atoms with Crippen LogP contribution in [0.4, 0.5) is 0 Å². The number of rotatable bonds is 1. The van der Waals surface area contributed by atoms with Crippen molar-refractivity contribution in [2.75, 3.05) is 0 Å². The average Bonchev–Trinajstić information content (AvgIpc) is 2.17. The van der Waals surface area contributed by atoms with Gasteiger partial charge in [0.25, 0.3) is 0 Å². The van der Waals surface area contributed by atoms with Gasteiger partial charge in [-0.2, -0.15) is 0 Å². The third kappa shape index (κ3) is 1.48. The van der Waals surface area contributed by atoms with Crippen LogP contribution in [-0.4, -0.2) is 15.0 Å². The molecule has 0 fully saturated rings. The Kier molecular flexibility index (Phi) is 1.90. The molecule has 0 aliphatic carbocycles. The van der Waals surface area contributed by atoms with Crippen LogP contribution in [0.25, 0.3) is 11.2 Å². The number of pyridine rings is 1. The smallest absolute Gasteiger partial charge is 0.178 e. The Hall–Kier alpha value is -1.55. The number of nitrogens with two attached hydrogens (primary N) is 1. The Labute approximate surface area is 75.8 Å². The minimum absolute atomic E-state index is 0.485. The molecular weight excluding hydrogens is 164 g/mol. The minimum Gasteiger partial charge on any atom is -0.326 e. The molecule has 0 saturated heterocycles. The van der Waals surface area contributed by atoms with Crippen molar-refractivity contribution in [2.45, 2.75) is 13.5 Å². The summed E-state index contributed by atoms with van der Waals surface area (Å²) in [5.41, 5.74) is 8.81. The largest absolute Gasteiger partial charge is 0.326 e. The van der Waals surface area contributed by atoms with Gasteiger partial charge in [-0.3, -0.25) is 4.98 Å². The molecule has 0 spiro atoms. The molecular formula is C9H10N4. The summed E-state index contributed by atoms with van der Waals surface area (Å²) in [5, 5.41) is 0. The van der Waals surface area contributed by atoms with Gasteiger partial charge >= 0.3 is 0 Å². The number of nitrogens with zero attached hydrogens (tertiary/aromatic N) is 3. The van der Waals surface area contributed by atoms with Gasteiger partial charge in [-0.05, 0) is 18.6 Å². The van der Waals surface area contributed by atoms with Crippen molar-refractivity contribution in [1.29, 1.82) is 0 Å². The van der Waals surface area contributed by atoms with Crippen LogP contribution in [0.15, 0.2) is 18.5 Å². The van der Waals surface area contributed by atoms with Crippen LogP contribution in [0.5, 0.6) is 0 Å². The van der Waals surface area contributed by atoms with Crippen LogP contribution in [-0.2, 0) is 6.54 Å². The summed E-state index contributed by atoms with van der Waals surface area (Å²) in [6.45, 7) is 2.38. The van der Waals surface area contributed by atoms with Crippen LogP contribution < -0.4 is 5.73 Å². The van der Waals surface area contributed by atoms with E-state index in [2.05, 4.69) is 15.0 Å². The standard InChI is InChI=1S/C9H10N4/c1-6-4-11-8-2-7(3-10)5-12-9(8)13-6/h2,4-5H,3,10H2,1H3. The summed E-state index contributed by atoms with van der Waals surface area (Å²) < 4.78 is 0. The highest BCUT2D eigenvalue weighted by atomic mass is 14.9. The zero-order valence-corrected chi connectivity index (χ0v) is 7.36. The Balaban J connectivity index is 2.66. The maximum Gasteiger partial charge on any atom is 0.178 e. The molecule has 0 aliphatic heterocycles. The van der Waals surface area contributed by atoms with E-state index in [1.807, 2.05) is 13.0 Å². The summed E-state index contributed by atoms with van der Waals surface area (Å²) in [6, 6.07) is 1.91. The van der Waals surface area contributed by atoms with Gasteiger partial charge in [-0.25, -0.2) is 9.97 Å². The Morgan fingerprint density at radius 2 is 2.15 bits per heavy atom. The molecule has 0 aliphatic rings. The zero-order valence-electron chi connectivity index (χ0n) is 7.36. The first-order valence-corrected chi connectivity index (χ1v) is 4.08. The van der Waals surface area contributed by atoms with Gasteiger partial charge in [0, 0.05) is 18.9 Å². The Morgan fingerprint density at radius 1 is 1.31 bits per heavy atom. The first-order chi connectivity index (χ1) is 6.29. The quantitative estimate of drug-likeness (QED) is 0.694. The van der Waals surface area contributed by atoms with Gasteiger partial charge in [0.05, 0.1) is 5.69 Å². The fourth-order valence-corrected chi connectivity index (χ4v) is 1.14. The van der Waals surface area contributed by atoms with E-state index in [9.17, 15) is 0 Å². The second-order valence-corrected chi connectivity index (χ2v) is 2.90. The fourth-order valence-electron chi connectivity index (χ4n) is 1.14. The van der Waals surface area contributed by atoms with Crippen molar-refractivity contribution in [3.63, 3.8) is 0 Å². The molecule has 0 atom stereocenters. The summed E-state index contributed by atoms with van der Waals surface area (Å²) in [5.74, 6) is 0. The summed E-state index contributed by atoms with van der Waals surface area (Å²) in [7, 11) is 0. The van der Waals surface area contributed by atoms with Crippen molar-refractivity contribution in [3.05, 3.63) is 29.7 Å². The van der Waals surface area contributed by atoms with E-state index in [0.29, 0.717) is 12.2 Å². The molecule has 2 heterocycles. The predicted octanol–water partition coefficient (Wildman–Crippen LogP) is 0.792. The second-order valence-electron chi connectivity index (χ2n) is 2.90. The monoisotopic (exact) mass is 174 g/mol.